The van der Waals surface area contributed by atoms with Crippen molar-refractivity contribution in [2.75, 3.05) is 5.75 Å². The van der Waals surface area contributed by atoms with Crippen LogP contribution in [-0.4, -0.2) is 20.8 Å². The Morgan fingerprint density at radius 2 is 2.39 bits per heavy atom. The highest BCUT2D eigenvalue weighted by Crippen LogP contribution is 2.17. The third-order valence-electron chi connectivity index (χ3n) is 1.79. The van der Waals surface area contributed by atoms with Crippen LogP contribution in [0.15, 0.2) is 12.3 Å². The number of pyridine rings is 1. The number of carbonyl (C=O) groups is 1. The number of hydrogen-bond donors (Lipinski definition) is 0. The van der Waals surface area contributed by atoms with E-state index in [-0.39, 0.29) is 16.0 Å². The van der Waals surface area contributed by atoms with Crippen LogP contribution in [0, 0.1) is 22.0 Å². The highest BCUT2D eigenvalue weighted by atomic mass is 35.5. The molecular formula is C11H9ClN2O3S. The lowest BCUT2D eigenvalue weighted by molar-refractivity contribution is -0.385. The van der Waals surface area contributed by atoms with E-state index in [1.165, 1.54) is 24.8 Å². The first-order valence-corrected chi connectivity index (χ1v) is 6.29. The van der Waals surface area contributed by atoms with Crippen LogP contribution in [0.4, 0.5) is 5.69 Å². The quantitative estimate of drug-likeness (QED) is 0.280. The van der Waals surface area contributed by atoms with Crippen molar-refractivity contribution in [2.24, 2.45) is 0 Å². The van der Waals surface area contributed by atoms with E-state index in [9.17, 15) is 14.9 Å². The van der Waals surface area contributed by atoms with E-state index < -0.39 is 4.92 Å². The predicted octanol–water partition coefficient (Wildman–Crippen LogP) is 2.66. The first-order valence-electron chi connectivity index (χ1n) is 4.93. The summed E-state index contributed by atoms with van der Waals surface area (Å²) in [6.45, 7) is 1.49. The molecule has 1 rings (SSSR count). The van der Waals surface area contributed by atoms with Crippen molar-refractivity contribution in [3.63, 3.8) is 0 Å². The lowest BCUT2D eigenvalue weighted by Crippen LogP contribution is -1.91. The minimum Gasteiger partial charge on any atom is -0.288 e. The van der Waals surface area contributed by atoms with Gasteiger partial charge in [-0.3, -0.25) is 14.9 Å². The zero-order valence-electron chi connectivity index (χ0n) is 9.47. The van der Waals surface area contributed by atoms with Crippen LogP contribution in [0.2, 0.25) is 5.15 Å². The molecule has 0 atom stereocenters. The molecule has 7 heteroatoms. The average Bonchev–Trinajstić information content (AvgIpc) is 2.30. The largest absolute Gasteiger partial charge is 0.288 e. The van der Waals surface area contributed by atoms with Crippen LogP contribution in [0.1, 0.15) is 18.9 Å². The fourth-order valence-corrected chi connectivity index (χ4v) is 1.67. The van der Waals surface area contributed by atoms with Crippen molar-refractivity contribution < 1.29 is 9.72 Å². The van der Waals surface area contributed by atoms with E-state index in [0.717, 1.165) is 6.20 Å². The van der Waals surface area contributed by atoms with Crippen LogP contribution in [0.5, 0.6) is 0 Å². The Bertz CT molecular complexity index is 537. The Morgan fingerprint density at radius 3 is 3.00 bits per heavy atom. The molecule has 0 aliphatic rings. The first-order chi connectivity index (χ1) is 8.50. The normalized spacial score (nSPS) is 9.44. The van der Waals surface area contributed by atoms with Crippen molar-refractivity contribution in [3.8, 4) is 11.8 Å². The summed E-state index contributed by atoms with van der Waals surface area (Å²) in [5.74, 6) is 6.09. The second-order valence-electron chi connectivity index (χ2n) is 3.18. The minimum atomic E-state index is -0.555. The molecule has 5 nitrogen and oxygen atoms in total. The summed E-state index contributed by atoms with van der Waals surface area (Å²) in [6, 6.07) is 1.28. The molecule has 0 unspecified atom stereocenters. The van der Waals surface area contributed by atoms with Crippen LogP contribution in [0.25, 0.3) is 0 Å². The Morgan fingerprint density at radius 1 is 1.67 bits per heavy atom. The zero-order chi connectivity index (χ0) is 13.5. The molecule has 0 saturated heterocycles. The van der Waals surface area contributed by atoms with Crippen LogP contribution in [0.3, 0.4) is 0 Å². The third kappa shape index (κ3) is 4.73. The maximum absolute atomic E-state index is 10.7. The predicted molar refractivity (Wildman–Crippen MR) is 70.5 cm³/mol. The Kier molecular flexibility index (Phi) is 5.62. The smallest absolute Gasteiger partial charge is 0.288 e. The van der Waals surface area contributed by atoms with Gasteiger partial charge in [0.05, 0.1) is 10.5 Å². The van der Waals surface area contributed by atoms with Gasteiger partial charge in [0.15, 0.2) is 5.12 Å². The van der Waals surface area contributed by atoms with Crippen LogP contribution >= 0.6 is 23.4 Å². The standard InChI is InChI=1S/C11H9ClN2O3S/c1-8(15)18-5-3-2-4-9-6-10(14(16)17)7-13-11(9)12/h6-7H,3,5H2,1H3. The summed E-state index contributed by atoms with van der Waals surface area (Å²) in [5, 5.41) is 10.7. The van der Waals surface area contributed by atoms with Gasteiger partial charge in [-0.2, -0.15) is 0 Å². The van der Waals surface area contributed by atoms with Gasteiger partial charge < -0.3 is 0 Å². The number of carbonyl (C=O) groups excluding carboxylic acids is 1. The van der Waals surface area contributed by atoms with E-state index in [2.05, 4.69) is 16.8 Å². The van der Waals surface area contributed by atoms with Crippen molar-refractivity contribution >= 4 is 34.2 Å². The second kappa shape index (κ2) is 6.99. The Labute approximate surface area is 113 Å². The summed E-state index contributed by atoms with van der Waals surface area (Å²) >= 11 is 6.95. The van der Waals surface area contributed by atoms with E-state index in [1.54, 1.807) is 0 Å². The van der Waals surface area contributed by atoms with Gasteiger partial charge in [0.25, 0.3) is 5.69 Å². The molecule has 0 radical (unpaired) electrons. The van der Waals surface area contributed by atoms with E-state index in [0.29, 0.717) is 17.7 Å². The topological polar surface area (TPSA) is 73.1 Å². The minimum absolute atomic E-state index is 0.0341. The molecule has 0 aliphatic carbocycles. The van der Waals surface area contributed by atoms with Gasteiger partial charge in [0, 0.05) is 25.2 Å². The highest BCUT2D eigenvalue weighted by Gasteiger charge is 2.09. The van der Waals surface area contributed by atoms with Gasteiger partial charge in [-0.15, -0.1) is 0 Å². The van der Waals surface area contributed by atoms with Crippen LogP contribution < -0.4 is 0 Å². The lowest BCUT2D eigenvalue weighted by Gasteiger charge is -1.95. The maximum atomic E-state index is 10.7. The Balaban J connectivity index is 2.71. The molecule has 18 heavy (non-hydrogen) atoms. The summed E-state index contributed by atoms with van der Waals surface area (Å²) in [7, 11) is 0. The summed E-state index contributed by atoms with van der Waals surface area (Å²) < 4.78 is 0. The number of aromatic nitrogens is 1. The van der Waals surface area contributed by atoms with Gasteiger partial charge >= 0.3 is 0 Å². The average molecular weight is 285 g/mol. The molecule has 94 valence electrons. The third-order valence-corrected chi connectivity index (χ3v) is 2.91. The molecule has 0 fully saturated rings. The Hall–Kier alpha value is -1.58. The molecule has 0 saturated carbocycles. The monoisotopic (exact) mass is 284 g/mol. The van der Waals surface area contributed by atoms with Gasteiger partial charge in [-0.05, 0) is 0 Å². The molecular weight excluding hydrogens is 276 g/mol. The SMILES string of the molecule is CC(=O)SCCC#Cc1cc([N+](=O)[O-])cnc1Cl. The fraction of sp³-hybridized carbons (Fsp3) is 0.273. The number of hydrogen-bond acceptors (Lipinski definition) is 5. The number of halogens is 1. The molecule has 0 N–H and O–H groups in total. The van der Waals surface area contributed by atoms with E-state index in [1.807, 2.05) is 0 Å². The maximum Gasteiger partial charge on any atom is 0.288 e. The molecule has 0 amide bonds. The van der Waals surface area contributed by atoms with E-state index in [4.69, 9.17) is 11.6 Å². The fourth-order valence-electron chi connectivity index (χ4n) is 1.03. The van der Waals surface area contributed by atoms with Gasteiger partial charge in [-0.25, -0.2) is 4.98 Å². The lowest BCUT2D eigenvalue weighted by atomic mass is 10.2. The van der Waals surface area contributed by atoms with Crippen molar-refractivity contribution in [2.45, 2.75) is 13.3 Å². The zero-order valence-corrected chi connectivity index (χ0v) is 11.0. The molecule has 0 bridgehead atoms. The number of nitrogens with zero attached hydrogens (tertiary/aromatic N) is 2. The second-order valence-corrected chi connectivity index (χ2v) is 4.81. The first kappa shape index (κ1) is 14.5. The van der Waals surface area contributed by atoms with Crippen molar-refractivity contribution in [1.82, 2.24) is 4.98 Å². The van der Waals surface area contributed by atoms with Gasteiger partial charge in [0.1, 0.15) is 11.3 Å². The summed E-state index contributed by atoms with van der Waals surface area (Å²) in [4.78, 5) is 24.3. The summed E-state index contributed by atoms with van der Waals surface area (Å²) in [6.07, 6.45) is 1.59. The van der Waals surface area contributed by atoms with Gasteiger partial charge in [-0.1, -0.05) is 35.2 Å². The molecule has 0 aliphatic heterocycles. The van der Waals surface area contributed by atoms with Crippen molar-refractivity contribution in [3.05, 3.63) is 33.1 Å². The van der Waals surface area contributed by atoms with Crippen LogP contribution in [-0.2, 0) is 4.79 Å². The van der Waals surface area contributed by atoms with Gasteiger partial charge in [0.2, 0.25) is 0 Å². The molecule has 1 heterocycles. The number of nitro groups is 1. The molecule has 1 aromatic heterocycles. The molecule has 0 aromatic carbocycles. The van der Waals surface area contributed by atoms with Crippen molar-refractivity contribution in [1.29, 1.82) is 0 Å². The summed E-state index contributed by atoms with van der Waals surface area (Å²) in [5.41, 5.74) is 0.167. The number of thioether (sulfide) groups is 1. The highest BCUT2D eigenvalue weighted by molar-refractivity contribution is 8.13. The molecule has 1 aromatic rings. The number of rotatable bonds is 3. The molecule has 0 spiro atoms. The van der Waals surface area contributed by atoms with E-state index >= 15 is 0 Å².